The third-order valence-electron chi connectivity index (χ3n) is 3.02. The summed E-state index contributed by atoms with van der Waals surface area (Å²) in [5.41, 5.74) is 12.5. The monoisotopic (exact) mass is 266 g/mol. The van der Waals surface area contributed by atoms with Crippen molar-refractivity contribution in [3.05, 3.63) is 18.2 Å². The molecule has 108 valence electrons. The quantitative estimate of drug-likeness (QED) is 0.291. The smallest absolute Gasteiger partial charge is 0.190 e. The highest BCUT2D eigenvalue weighted by atomic mass is 17.2. The van der Waals surface area contributed by atoms with E-state index in [0.29, 0.717) is 23.7 Å². The second-order valence-corrected chi connectivity index (χ2v) is 4.82. The highest BCUT2D eigenvalue weighted by Crippen LogP contribution is 2.24. The summed E-state index contributed by atoms with van der Waals surface area (Å²) in [5, 5.41) is 0. The van der Waals surface area contributed by atoms with E-state index in [0.717, 1.165) is 6.42 Å². The van der Waals surface area contributed by atoms with E-state index in [1.165, 1.54) is 38.5 Å². The third kappa shape index (κ3) is 6.91. The molecule has 1 aromatic carbocycles. The maximum Gasteiger partial charge on any atom is 0.190 e. The van der Waals surface area contributed by atoms with Gasteiger partial charge in [0.05, 0.1) is 12.3 Å². The summed E-state index contributed by atoms with van der Waals surface area (Å²) >= 11 is 0. The van der Waals surface area contributed by atoms with Crippen LogP contribution in [0, 0.1) is 0 Å². The van der Waals surface area contributed by atoms with E-state index in [1.807, 2.05) is 0 Å². The highest BCUT2D eigenvalue weighted by Gasteiger charge is 2.02. The predicted octanol–water partition coefficient (Wildman–Crippen LogP) is 3.91. The summed E-state index contributed by atoms with van der Waals surface area (Å²) in [6.07, 6.45) is 8.75. The molecule has 0 radical (unpaired) electrons. The van der Waals surface area contributed by atoms with Gasteiger partial charge in [-0.3, -0.25) is 0 Å². The molecule has 0 fully saturated rings. The number of benzene rings is 1. The zero-order valence-electron chi connectivity index (χ0n) is 11.9. The van der Waals surface area contributed by atoms with Crippen LogP contribution in [0.3, 0.4) is 0 Å². The van der Waals surface area contributed by atoms with E-state index in [-0.39, 0.29) is 0 Å². The first-order valence-corrected chi connectivity index (χ1v) is 7.18. The van der Waals surface area contributed by atoms with Crippen molar-refractivity contribution in [3.63, 3.8) is 0 Å². The largest absolute Gasteiger partial charge is 0.399 e. The van der Waals surface area contributed by atoms with E-state index in [9.17, 15) is 0 Å². The number of hydrogen-bond acceptors (Lipinski definition) is 4. The lowest BCUT2D eigenvalue weighted by molar-refractivity contribution is -0.206. The minimum atomic E-state index is 0.489. The van der Waals surface area contributed by atoms with Crippen LogP contribution in [-0.4, -0.2) is 6.61 Å². The Kier molecular flexibility index (Phi) is 7.82. The van der Waals surface area contributed by atoms with Gasteiger partial charge < -0.3 is 16.4 Å². The summed E-state index contributed by atoms with van der Waals surface area (Å²) in [5.74, 6) is 0.489. The Morgan fingerprint density at radius 1 is 0.947 bits per heavy atom. The van der Waals surface area contributed by atoms with Gasteiger partial charge in [-0.25, -0.2) is 0 Å². The number of hydrogen-bond donors (Lipinski definition) is 2. The van der Waals surface area contributed by atoms with Crippen molar-refractivity contribution in [2.24, 2.45) is 0 Å². The van der Waals surface area contributed by atoms with Gasteiger partial charge in [-0.1, -0.05) is 45.4 Å². The van der Waals surface area contributed by atoms with Crippen molar-refractivity contribution in [1.82, 2.24) is 0 Å². The van der Waals surface area contributed by atoms with Gasteiger partial charge in [0, 0.05) is 11.8 Å². The number of nitrogen functional groups attached to an aromatic ring is 2. The SMILES string of the molecule is CCCCCCCCCOOc1cc(N)ccc1N. The van der Waals surface area contributed by atoms with Crippen LogP contribution in [0.1, 0.15) is 51.9 Å². The number of rotatable bonds is 10. The van der Waals surface area contributed by atoms with Crippen LogP contribution >= 0.6 is 0 Å². The van der Waals surface area contributed by atoms with E-state index < -0.39 is 0 Å². The first-order valence-electron chi connectivity index (χ1n) is 7.18. The molecule has 0 aliphatic heterocycles. The summed E-state index contributed by atoms with van der Waals surface area (Å²) < 4.78 is 0. The molecule has 4 nitrogen and oxygen atoms in total. The van der Waals surface area contributed by atoms with Crippen molar-refractivity contribution in [1.29, 1.82) is 0 Å². The molecule has 4 heteroatoms. The zero-order valence-corrected chi connectivity index (χ0v) is 11.9. The molecular weight excluding hydrogens is 240 g/mol. The topological polar surface area (TPSA) is 70.5 Å². The van der Waals surface area contributed by atoms with Crippen molar-refractivity contribution in [2.75, 3.05) is 18.1 Å². The van der Waals surface area contributed by atoms with E-state index in [2.05, 4.69) is 6.92 Å². The fraction of sp³-hybridized carbons (Fsp3) is 0.600. The van der Waals surface area contributed by atoms with Crippen LogP contribution in [-0.2, 0) is 4.89 Å². The normalized spacial score (nSPS) is 10.6. The minimum absolute atomic E-state index is 0.489. The highest BCUT2D eigenvalue weighted by molar-refractivity contribution is 5.59. The third-order valence-corrected chi connectivity index (χ3v) is 3.02. The van der Waals surface area contributed by atoms with Crippen LogP contribution in [0.15, 0.2) is 18.2 Å². The van der Waals surface area contributed by atoms with Crippen LogP contribution < -0.4 is 16.4 Å². The van der Waals surface area contributed by atoms with Gasteiger partial charge in [-0.15, -0.1) is 0 Å². The summed E-state index contributed by atoms with van der Waals surface area (Å²) in [4.78, 5) is 10.3. The van der Waals surface area contributed by atoms with Gasteiger partial charge in [-0.2, -0.15) is 4.89 Å². The fourth-order valence-electron chi connectivity index (χ4n) is 1.85. The molecule has 0 heterocycles. The van der Waals surface area contributed by atoms with Gasteiger partial charge in [0.1, 0.15) is 0 Å². The van der Waals surface area contributed by atoms with Crippen LogP contribution in [0.25, 0.3) is 0 Å². The second kappa shape index (κ2) is 9.50. The van der Waals surface area contributed by atoms with Gasteiger partial charge in [-0.05, 0) is 18.6 Å². The number of unbranched alkanes of at least 4 members (excludes halogenated alkanes) is 6. The first-order chi connectivity index (χ1) is 9.24. The van der Waals surface area contributed by atoms with E-state index >= 15 is 0 Å². The molecule has 0 aliphatic rings. The van der Waals surface area contributed by atoms with Gasteiger partial charge >= 0.3 is 0 Å². The molecule has 0 saturated heterocycles. The molecule has 19 heavy (non-hydrogen) atoms. The lowest BCUT2D eigenvalue weighted by Gasteiger charge is -2.08. The second-order valence-electron chi connectivity index (χ2n) is 4.82. The summed E-state index contributed by atoms with van der Waals surface area (Å²) in [6.45, 7) is 2.81. The first kappa shape index (κ1) is 15.6. The zero-order chi connectivity index (χ0) is 13.9. The molecular formula is C15H26N2O2. The molecule has 1 aromatic rings. The summed E-state index contributed by atoms with van der Waals surface area (Å²) in [7, 11) is 0. The maximum atomic E-state index is 5.74. The van der Waals surface area contributed by atoms with Crippen molar-refractivity contribution >= 4 is 11.4 Å². The molecule has 0 bridgehead atoms. The van der Waals surface area contributed by atoms with Crippen molar-refractivity contribution in [3.8, 4) is 5.75 Å². The maximum absolute atomic E-state index is 5.74. The average molecular weight is 266 g/mol. The molecule has 0 aliphatic carbocycles. The number of anilines is 2. The van der Waals surface area contributed by atoms with Crippen molar-refractivity contribution < 1.29 is 9.78 Å². The molecule has 0 saturated carbocycles. The Hall–Kier alpha value is -1.42. The number of nitrogens with two attached hydrogens (primary N) is 2. The van der Waals surface area contributed by atoms with Crippen LogP contribution in [0.4, 0.5) is 11.4 Å². The molecule has 0 amide bonds. The molecule has 4 N–H and O–H groups in total. The lowest BCUT2D eigenvalue weighted by Crippen LogP contribution is -2.02. The Morgan fingerprint density at radius 2 is 1.63 bits per heavy atom. The Balaban J connectivity index is 2.03. The van der Waals surface area contributed by atoms with Gasteiger partial charge in [0.2, 0.25) is 0 Å². The van der Waals surface area contributed by atoms with Crippen LogP contribution in [0.2, 0.25) is 0 Å². The Labute approximate surface area is 116 Å². The molecule has 0 atom stereocenters. The minimum Gasteiger partial charge on any atom is -0.399 e. The molecule has 1 rings (SSSR count). The molecule has 0 spiro atoms. The van der Waals surface area contributed by atoms with E-state index in [1.54, 1.807) is 18.2 Å². The Bertz CT molecular complexity index is 356. The molecule has 0 aromatic heterocycles. The predicted molar refractivity (Wildman–Crippen MR) is 79.8 cm³/mol. The van der Waals surface area contributed by atoms with Gasteiger partial charge in [0.15, 0.2) is 5.75 Å². The van der Waals surface area contributed by atoms with E-state index in [4.69, 9.17) is 21.2 Å². The van der Waals surface area contributed by atoms with Crippen LogP contribution in [0.5, 0.6) is 5.75 Å². The molecule has 0 unspecified atom stereocenters. The van der Waals surface area contributed by atoms with Gasteiger partial charge in [0.25, 0.3) is 0 Å². The fourth-order valence-corrected chi connectivity index (χ4v) is 1.85. The Morgan fingerprint density at radius 3 is 2.37 bits per heavy atom. The lowest BCUT2D eigenvalue weighted by atomic mass is 10.1. The summed E-state index contributed by atoms with van der Waals surface area (Å²) in [6, 6.07) is 5.11. The standard InChI is InChI=1S/C15H26N2O2/c1-2-3-4-5-6-7-8-11-18-19-15-12-13(16)9-10-14(15)17/h9-10,12H,2-8,11,16-17H2,1H3. The average Bonchev–Trinajstić information content (AvgIpc) is 2.40. The van der Waals surface area contributed by atoms with Crippen molar-refractivity contribution in [2.45, 2.75) is 51.9 Å².